The lowest BCUT2D eigenvalue weighted by Gasteiger charge is -2.16. The molecule has 1 aromatic carbocycles. The molecule has 0 spiro atoms. The molecule has 1 aromatic heterocycles. The number of carboxylic acids is 1. The Morgan fingerprint density at radius 1 is 1.45 bits per heavy atom. The van der Waals surface area contributed by atoms with Gasteiger partial charge in [0, 0.05) is 6.20 Å². The van der Waals surface area contributed by atoms with Crippen molar-refractivity contribution < 1.29 is 14.6 Å². The molecule has 0 saturated heterocycles. The van der Waals surface area contributed by atoms with Gasteiger partial charge in [-0.15, -0.1) is 0 Å². The van der Waals surface area contributed by atoms with Crippen LogP contribution in [0, 0.1) is 5.92 Å². The van der Waals surface area contributed by atoms with E-state index in [2.05, 4.69) is 5.10 Å². The van der Waals surface area contributed by atoms with Gasteiger partial charge in [-0.05, 0) is 37.0 Å². The van der Waals surface area contributed by atoms with E-state index in [4.69, 9.17) is 9.84 Å². The summed E-state index contributed by atoms with van der Waals surface area (Å²) in [6, 6.07) is 7.66. The first-order chi connectivity index (χ1) is 9.69. The maximum Gasteiger partial charge on any atom is 0.306 e. The lowest BCUT2D eigenvalue weighted by atomic mass is 9.88. The van der Waals surface area contributed by atoms with Gasteiger partial charge in [-0.3, -0.25) is 4.79 Å². The third-order valence-corrected chi connectivity index (χ3v) is 3.75. The Morgan fingerprint density at radius 3 is 3.00 bits per heavy atom. The minimum atomic E-state index is -0.722. The first-order valence-corrected chi connectivity index (χ1v) is 6.62. The second kappa shape index (κ2) is 5.00. The third kappa shape index (κ3) is 2.15. The molecule has 2 aromatic rings. The van der Waals surface area contributed by atoms with Gasteiger partial charge in [0.05, 0.1) is 18.7 Å². The van der Waals surface area contributed by atoms with E-state index < -0.39 is 5.97 Å². The predicted molar refractivity (Wildman–Crippen MR) is 73.3 cm³/mol. The van der Waals surface area contributed by atoms with Crippen molar-refractivity contribution in [3.8, 4) is 11.4 Å². The van der Waals surface area contributed by atoms with Gasteiger partial charge in [0.15, 0.2) is 0 Å². The van der Waals surface area contributed by atoms with Crippen molar-refractivity contribution in [2.75, 3.05) is 7.11 Å². The van der Waals surface area contributed by atoms with Crippen LogP contribution in [0.15, 0.2) is 30.5 Å². The zero-order valence-electron chi connectivity index (χ0n) is 11.2. The van der Waals surface area contributed by atoms with E-state index in [9.17, 15) is 4.79 Å². The molecule has 20 heavy (non-hydrogen) atoms. The highest BCUT2D eigenvalue weighted by atomic mass is 16.5. The molecule has 0 aliphatic heterocycles. The summed E-state index contributed by atoms with van der Waals surface area (Å²) in [5.41, 5.74) is 2.89. The summed E-state index contributed by atoms with van der Waals surface area (Å²) in [5, 5.41) is 13.7. The topological polar surface area (TPSA) is 64.4 Å². The summed E-state index contributed by atoms with van der Waals surface area (Å²) < 4.78 is 7.12. The van der Waals surface area contributed by atoms with Crippen LogP contribution in [0.25, 0.3) is 5.69 Å². The van der Waals surface area contributed by atoms with E-state index in [-0.39, 0.29) is 5.92 Å². The van der Waals surface area contributed by atoms with E-state index >= 15 is 0 Å². The number of methoxy groups -OCH3 is 1. The van der Waals surface area contributed by atoms with Crippen LogP contribution >= 0.6 is 0 Å². The minimum absolute atomic E-state index is 0.294. The fraction of sp³-hybridized carbons (Fsp3) is 0.333. The molecule has 104 valence electrons. The van der Waals surface area contributed by atoms with Gasteiger partial charge in [0.1, 0.15) is 11.4 Å². The lowest BCUT2D eigenvalue weighted by molar-refractivity contribution is -0.142. The van der Waals surface area contributed by atoms with Crippen molar-refractivity contribution in [1.29, 1.82) is 0 Å². The number of para-hydroxylation sites is 2. The van der Waals surface area contributed by atoms with Crippen LogP contribution in [-0.4, -0.2) is 28.0 Å². The fourth-order valence-corrected chi connectivity index (χ4v) is 2.66. The number of rotatable bonds is 3. The van der Waals surface area contributed by atoms with Crippen molar-refractivity contribution in [3.63, 3.8) is 0 Å². The Kier molecular flexibility index (Phi) is 3.18. The maximum absolute atomic E-state index is 11.1. The monoisotopic (exact) mass is 272 g/mol. The maximum atomic E-state index is 11.1. The molecular formula is C15H16N2O3. The largest absolute Gasteiger partial charge is 0.494 e. The van der Waals surface area contributed by atoms with E-state index in [0.717, 1.165) is 22.7 Å². The Labute approximate surface area is 116 Å². The number of fused-ring (bicyclic) bond motifs is 1. The normalized spacial score (nSPS) is 17.6. The van der Waals surface area contributed by atoms with Gasteiger partial charge in [-0.1, -0.05) is 12.1 Å². The van der Waals surface area contributed by atoms with Gasteiger partial charge < -0.3 is 9.84 Å². The van der Waals surface area contributed by atoms with Gasteiger partial charge in [-0.25, -0.2) is 4.68 Å². The zero-order chi connectivity index (χ0) is 14.1. The number of aryl methyl sites for hydroxylation is 1. The number of carboxylic acid groups (broad SMARTS) is 1. The molecule has 1 atom stereocenters. The quantitative estimate of drug-likeness (QED) is 0.929. The van der Waals surface area contributed by atoms with Crippen LogP contribution in [0.5, 0.6) is 5.75 Å². The van der Waals surface area contributed by atoms with Gasteiger partial charge in [0.2, 0.25) is 0 Å². The Balaban J connectivity index is 1.96. The van der Waals surface area contributed by atoms with Crippen molar-refractivity contribution in [2.24, 2.45) is 5.92 Å². The highest BCUT2D eigenvalue weighted by Crippen LogP contribution is 2.28. The third-order valence-electron chi connectivity index (χ3n) is 3.75. The number of aliphatic carboxylic acids is 1. The number of carbonyl (C=O) groups is 1. The van der Waals surface area contributed by atoms with Gasteiger partial charge in [-0.2, -0.15) is 5.10 Å². The summed E-state index contributed by atoms with van der Waals surface area (Å²) in [5.74, 6) is -0.263. The standard InChI is InChI=1S/C15H16N2O3/c1-20-14-5-3-2-4-13(14)17-9-11-8-10(15(18)19)6-7-12(11)16-17/h2-5,9-10H,6-8H2,1H3,(H,18,19). The molecule has 1 N–H and O–H groups in total. The molecular weight excluding hydrogens is 256 g/mol. The molecule has 5 heteroatoms. The van der Waals surface area contributed by atoms with Crippen molar-refractivity contribution in [2.45, 2.75) is 19.3 Å². The Hall–Kier alpha value is -2.30. The van der Waals surface area contributed by atoms with Crippen LogP contribution in [0.3, 0.4) is 0 Å². The molecule has 1 unspecified atom stereocenters. The smallest absolute Gasteiger partial charge is 0.306 e. The summed E-state index contributed by atoms with van der Waals surface area (Å²) in [7, 11) is 1.63. The van der Waals surface area contributed by atoms with E-state index in [1.807, 2.05) is 30.5 Å². The Morgan fingerprint density at radius 2 is 2.25 bits per heavy atom. The first-order valence-electron chi connectivity index (χ1n) is 6.62. The summed E-state index contributed by atoms with van der Waals surface area (Å²) in [6.07, 6.45) is 3.85. The number of hydrogen-bond donors (Lipinski definition) is 1. The molecule has 0 radical (unpaired) electrons. The second-order valence-corrected chi connectivity index (χ2v) is 5.00. The van der Waals surface area contributed by atoms with Crippen LogP contribution in [0.1, 0.15) is 17.7 Å². The molecule has 0 saturated carbocycles. The van der Waals surface area contributed by atoms with Gasteiger partial charge in [0.25, 0.3) is 0 Å². The average molecular weight is 272 g/mol. The molecule has 1 aliphatic carbocycles. The lowest BCUT2D eigenvalue weighted by Crippen LogP contribution is -2.21. The van der Waals surface area contributed by atoms with Gasteiger partial charge >= 0.3 is 5.97 Å². The fourth-order valence-electron chi connectivity index (χ4n) is 2.66. The SMILES string of the molecule is COc1ccccc1-n1cc2c(n1)CCC(C(=O)O)C2. The summed E-state index contributed by atoms with van der Waals surface area (Å²) in [4.78, 5) is 11.1. The number of hydrogen-bond acceptors (Lipinski definition) is 3. The van der Waals surface area contributed by atoms with Crippen molar-refractivity contribution in [1.82, 2.24) is 9.78 Å². The molecule has 5 nitrogen and oxygen atoms in total. The van der Waals surface area contributed by atoms with Crippen LogP contribution < -0.4 is 4.74 Å². The van der Waals surface area contributed by atoms with Crippen LogP contribution in [-0.2, 0) is 17.6 Å². The molecule has 0 fully saturated rings. The minimum Gasteiger partial charge on any atom is -0.494 e. The van der Waals surface area contributed by atoms with Crippen LogP contribution in [0.4, 0.5) is 0 Å². The number of aromatic nitrogens is 2. The Bertz CT molecular complexity index is 648. The molecule has 0 amide bonds. The second-order valence-electron chi connectivity index (χ2n) is 5.00. The van der Waals surface area contributed by atoms with Crippen molar-refractivity contribution in [3.05, 3.63) is 41.7 Å². The molecule has 3 rings (SSSR count). The van der Waals surface area contributed by atoms with Crippen LogP contribution in [0.2, 0.25) is 0 Å². The van der Waals surface area contributed by atoms with E-state index in [1.54, 1.807) is 11.8 Å². The predicted octanol–water partition coefficient (Wildman–Crippen LogP) is 2.07. The first kappa shape index (κ1) is 12.7. The van der Waals surface area contributed by atoms with E-state index in [0.29, 0.717) is 19.3 Å². The number of nitrogens with zero attached hydrogens (tertiary/aromatic N) is 2. The average Bonchev–Trinajstić information content (AvgIpc) is 2.89. The highest BCUT2D eigenvalue weighted by molar-refractivity contribution is 5.70. The number of benzene rings is 1. The summed E-state index contributed by atoms with van der Waals surface area (Å²) in [6.45, 7) is 0. The summed E-state index contributed by atoms with van der Waals surface area (Å²) >= 11 is 0. The number of ether oxygens (including phenoxy) is 1. The highest BCUT2D eigenvalue weighted by Gasteiger charge is 2.26. The van der Waals surface area contributed by atoms with Crippen molar-refractivity contribution >= 4 is 5.97 Å². The molecule has 1 heterocycles. The van der Waals surface area contributed by atoms with E-state index in [1.165, 1.54) is 0 Å². The molecule has 0 bridgehead atoms. The molecule has 1 aliphatic rings. The zero-order valence-corrected chi connectivity index (χ0v) is 11.2.